The molecular formula is C10H16N4O. The van der Waals surface area contributed by atoms with E-state index in [2.05, 4.69) is 20.6 Å². The van der Waals surface area contributed by atoms with Crippen molar-refractivity contribution >= 4 is 5.91 Å². The van der Waals surface area contributed by atoms with Gasteiger partial charge in [-0.3, -0.25) is 4.79 Å². The van der Waals surface area contributed by atoms with Gasteiger partial charge in [-0.05, 0) is 13.8 Å². The van der Waals surface area contributed by atoms with Crippen molar-refractivity contribution < 1.29 is 4.79 Å². The van der Waals surface area contributed by atoms with Crippen molar-refractivity contribution in [1.29, 1.82) is 0 Å². The van der Waals surface area contributed by atoms with Crippen LogP contribution in [0.3, 0.4) is 0 Å². The zero-order valence-electron chi connectivity index (χ0n) is 9.03. The molecular weight excluding hydrogens is 192 g/mol. The fourth-order valence-corrected chi connectivity index (χ4v) is 1.11. The number of aromatic nitrogens is 2. The van der Waals surface area contributed by atoms with Gasteiger partial charge in [0.05, 0.1) is 6.04 Å². The summed E-state index contributed by atoms with van der Waals surface area (Å²) in [6.45, 7) is 4.98. The van der Waals surface area contributed by atoms with E-state index in [1.165, 1.54) is 6.33 Å². The molecule has 0 aliphatic rings. The van der Waals surface area contributed by atoms with Gasteiger partial charge >= 0.3 is 0 Å². The van der Waals surface area contributed by atoms with E-state index in [1.54, 1.807) is 12.4 Å². The average molecular weight is 208 g/mol. The zero-order valence-corrected chi connectivity index (χ0v) is 9.03. The van der Waals surface area contributed by atoms with E-state index in [0.29, 0.717) is 13.1 Å². The fourth-order valence-electron chi connectivity index (χ4n) is 1.11. The van der Waals surface area contributed by atoms with E-state index in [-0.39, 0.29) is 11.9 Å². The lowest BCUT2D eigenvalue weighted by Gasteiger charge is -2.12. The standard InChI is InChI=1S/C10H16N4O/c1-3-13-10(15)8(2)14-6-9-4-11-7-12-5-9/h4-5,7-8,14H,3,6H2,1-2H3,(H,13,15). The first kappa shape index (κ1) is 11.6. The summed E-state index contributed by atoms with van der Waals surface area (Å²) >= 11 is 0. The molecule has 0 radical (unpaired) electrons. The van der Waals surface area contributed by atoms with Crippen LogP contribution in [-0.4, -0.2) is 28.5 Å². The van der Waals surface area contributed by atoms with Gasteiger partial charge in [-0.15, -0.1) is 0 Å². The van der Waals surface area contributed by atoms with Crippen molar-refractivity contribution in [3.05, 3.63) is 24.3 Å². The van der Waals surface area contributed by atoms with Crippen LogP contribution in [0.15, 0.2) is 18.7 Å². The molecule has 5 heteroatoms. The average Bonchev–Trinajstić information content (AvgIpc) is 2.27. The van der Waals surface area contributed by atoms with Gasteiger partial charge in [-0.2, -0.15) is 0 Å². The Bertz CT molecular complexity index is 302. The number of rotatable bonds is 5. The zero-order chi connectivity index (χ0) is 11.1. The maximum Gasteiger partial charge on any atom is 0.236 e. The number of likely N-dealkylation sites (N-methyl/N-ethyl adjacent to an activating group) is 1. The topological polar surface area (TPSA) is 66.9 Å². The van der Waals surface area contributed by atoms with Gasteiger partial charge in [0, 0.05) is 31.0 Å². The Morgan fingerprint density at radius 1 is 1.47 bits per heavy atom. The Balaban J connectivity index is 2.34. The molecule has 1 rings (SSSR count). The number of carbonyl (C=O) groups is 1. The summed E-state index contributed by atoms with van der Waals surface area (Å²) in [5.41, 5.74) is 0.966. The van der Waals surface area contributed by atoms with Crippen LogP contribution in [0.4, 0.5) is 0 Å². The van der Waals surface area contributed by atoms with Gasteiger partial charge in [-0.1, -0.05) is 0 Å². The highest BCUT2D eigenvalue weighted by molar-refractivity contribution is 5.81. The van der Waals surface area contributed by atoms with Gasteiger partial charge in [0.1, 0.15) is 6.33 Å². The first-order valence-electron chi connectivity index (χ1n) is 4.99. The molecule has 1 aromatic rings. The van der Waals surface area contributed by atoms with Gasteiger partial charge in [0.15, 0.2) is 0 Å². The van der Waals surface area contributed by atoms with E-state index in [1.807, 2.05) is 13.8 Å². The molecule has 15 heavy (non-hydrogen) atoms. The molecule has 1 unspecified atom stereocenters. The van der Waals surface area contributed by atoms with Crippen LogP contribution in [-0.2, 0) is 11.3 Å². The Labute approximate surface area is 89.3 Å². The Kier molecular flexibility index (Phi) is 4.70. The SMILES string of the molecule is CCNC(=O)C(C)NCc1cncnc1. The lowest BCUT2D eigenvalue weighted by Crippen LogP contribution is -2.41. The predicted octanol–water partition coefficient (Wildman–Crippen LogP) is 0.0908. The number of nitrogens with zero attached hydrogens (tertiary/aromatic N) is 2. The van der Waals surface area contributed by atoms with E-state index in [4.69, 9.17) is 0 Å². The Morgan fingerprint density at radius 3 is 2.73 bits per heavy atom. The molecule has 5 nitrogen and oxygen atoms in total. The monoisotopic (exact) mass is 208 g/mol. The molecule has 0 saturated carbocycles. The Morgan fingerprint density at radius 2 is 2.13 bits per heavy atom. The van der Waals surface area contributed by atoms with Crippen LogP contribution < -0.4 is 10.6 Å². The lowest BCUT2D eigenvalue weighted by molar-refractivity contribution is -0.122. The van der Waals surface area contributed by atoms with Gasteiger partial charge < -0.3 is 10.6 Å². The summed E-state index contributed by atoms with van der Waals surface area (Å²) in [7, 11) is 0. The summed E-state index contributed by atoms with van der Waals surface area (Å²) in [6.07, 6.45) is 4.94. The van der Waals surface area contributed by atoms with E-state index in [9.17, 15) is 4.79 Å². The molecule has 0 spiro atoms. The summed E-state index contributed by atoms with van der Waals surface area (Å²) in [5.74, 6) is 0.00866. The maximum absolute atomic E-state index is 11.4. The van der Waals surface area contributed by atoms with Crippen molar-refractivity contribution in [2.24, 2.45) is 0 Å². The van der Waals surface area contributed by atoms with Crippen LogP contribution in [0, 0.1) is 0 Å². The Hall–Kier alpha value is -1.49. The van der Waals surface area contributed by atoms with Gasteiger partial charge in [-0.25, -0.2) is 9.97 Å². The van der Waals surface area contributed by atoms with E-state index < -0.39 is 0 Å². The number of hydrogen-bond acceptors (Lipinski definition) is 4. The molecule has 82 valence electrons. The summed E-state index contributed by atoms with van der Waals surface area (Å²) in [6, 6.07) is -0.204. The van der Waals surface area contributed by atoms with Crippen LogP contribution in [0.1, 0.15) is 19.4 Å². The molecule has 0 saturated heterocycles. The molecule has 0 fully saturated rings. The van der Waals surface area contributed by atoms with Crippen molar-refractivity contribution in [2.75, 3.05) is 6.54 Å². The maximum atomic E-state index is 11.4. The minimum Gasteiger partial charge on any atom is -0.355 e. The molecule has 0 aromatic carbocycles. The number of hydrogen-bond donors (Lipinski definition) is 2. The minimum absolute atomic E-state index is 0.00866. The van der Waals surface area contributed by atoms with E-state index >= 15 is 0 Å². The number of amides is 1. The molecule has 1 amide bonds. The van der Waals surface area contributed by atoms with Crippen LogP contribution >= 0.6 is 0 Å². The first-order valence-corrected chi connectivity index (χ1v) is 4.99. The van der Waals surface area contributed by atoms with Crippen molar-refractivity contribution in [3.63, 3.8) is 0 Å². The smallest absolute Gasteiger partial charge is 0.236 e. The lowest BCUT2D eigenvalue weighted by atomic mass is 10.2. The molecule has 0 aliphatic carbocycles. The third-order valence-electron chi connectivity index (χ3n) is 1.97. The van der Waals surface area contributed by atoms with Crippen LogP contribution in [0.25, 0.3) is 0 Å². The van der Waals surface area contributed by atoms with Crippen molar-refractivity contribution in [1.82, 2.24) is 20.6 Å². The summed E-state index contributed by atoms with van der Waals surface area (Å²) in [4.78, 5) is 19.1. The summed E-state index contributed by atoms with van der Waals surface area (Å²) < 4.78 is 0. The molecule has 2 N–H and O–H groups in total. The minimum atomic E-state index is -0.204. The third-order valence-corrected chi connectivity index (χ3v) is 1.97. The highest BCUT2D eigenvalue weighted by Gasteiger charge is 2.10. The highest BCUT2D eigenvalue weighted by Crippen LogP contribution is 1.93. The number of nitrogens with one attached hydrogen (secondary N) is 2. The molecule has 1 heterocycles. The molecule has 0 aliphatic heterocycles. The molecule has 0 bridgehead atoms. The normalized spacial score (nSPS) is 12.1. The second-order valence-electron chi connectivity index (χ2n) is 3.24. The summed E-state index contributed by atoms with van der Waals surface area (Å²) in [5, 5.41) is 5.84. The number of carbonyl (C=O) groups excluding carboxylic acids is 1. The van der Waals surface area contributed by atoms with Gasteiger partial charge in [0.2, 0.25) is 5.91 Å². The first-order chi connectivity index (χ1) is 7.24. The molecule has 1 atom stereocenters. The van der Waals surface area contributed by atoms with E-state index in [0.717, 1.165) is 5.56 Å². The van der Waals surface area contributed by atoms with Crippen molar-refractivity contribution in [3.8, 4) is 0 Å². The second-order valence-corrected chi connectivity index (χ2v) is 3.24. The predicted molar refractivity (Wildman–Crippen MR) is 57.0 cm³/mol. The highest BCUT2D eigenvalue weighted by atomic mass is 16.2. The van der Waals surface area contributed by atoms with Crippen LogP contribution in [0.2, 0.25) is 0 Å². The fraction of sp³-hybridized carbons (Fsp3) is 0.500. The molecule has 1 aromatic heterocycles. The van der Waals surface area contributed by atoms with Crippen LogP contribution in [0.5, 0.6) is 0 Å². The van der Waals surface area contributed by atoms with Gasteiger partial charge in [0.25, 0.3) is 0 Å². The van der Waals surface area contributed by atoms with Crippen molar-refractivity contribution in [2.45, 2.75) is 26.4 Å². The quantitative estimate of drug-likeness (QED) is 0.719. The largest absolute Gasteiger partial charge is 0.355 e. The third kappa shape index (κ3) is 4.03. The second kappa shape index (κ2) is 6.08.